The van der Waals surface area contributed by atoms with Crippen LogP contribution in [0.3, 0.4) is 0 Å². The van der Waals surface area contributed by atoms with E-state index in [0.717, 1.165) is 11.3 Å². The van der Waals surface area contributed by atoms with Crippen molar-refractivity contribution in [2.24, 2.45) is 0 Å². The minimum Gasteiger partial charge on any atom is -0.391 e. The van der Waals surface area contributed by atoms with Gasteiger partial charge in [0, 0.05) is 12.7 Å². The van der Waals surface area contributed by atoms with Crippen LogP contribution in [0.25, 0.3) is 0 Å². The van der Waals surface area contributed by atoms with Gasteiger partial charge in [-0.05, 0) is 17.7 Å². The molecule has 0 radical (unpaired) electrons. The van der Waals surface area contributed by atoms with Crippen LogP contribution in [-0.2, 0) is 16.0 Å². The molecule has 5 nitrogen and oxygen atoms in total. The Balaban J connectivity index is 2.17. The Bertz CT molecular complexity index is 473. The fourth-order valence-electron chi connectivity index (χ4n) is 2.05. The SMILES string of the molecule is CNC(=O)Cc1cccc(N2CC(O)CC2=O)c1. The van der Waals surface area contributed by atoms with Crippen molar-refractivity contribution in [3.05, 3.63) is 29.8 Å². The molecule has 0 aromatic heterocycles. The molecule has 18 heavy (non-hydrogen) atoms. The summed E-state index contributed by atoms with van der Waals surface area (Å²) in [6, 6.07) is 7.27. The van der Waals surface area contributed by atoms with Crippen molar-refractivity contribution < 1.29 is 14.7 Å². The number of anilines is 1. The summed E-state index contributed by atoms with van der Waals surface area (Å²) in [5.41, 5.74) is 1.58. The van der Waals surface area contributed by atoms with E-state index in [-0.39, 0.29) is 24.7 Å². The predicted octanol–water partition coefficient (Wildman–Crippen LogP) is 0.0727. The van der Waals surface area contributed by atoms with E-state index in [2.05, 4.69) is 5.32 Å². The molecule has 1 unspecified atom stereocenters. The van der Waals surface area contributed by atoms with E-state index in [9.17, 15) is 14.7 Å². The van der Waals surface area contributed by atoms with Gasteiger partial charge in [0.05, 0.1) is 25.5 Å². The number of carbonyl (C=O) groups excluding carboxylic acids is 2. The van der Waals surface area contributed by atoms with Crippen molar-refractivity contribution in [3.63, 3.8) is 0 Å². The van der Waals surface area contributed by atoms with Gasteiger partial charge in [0.25, 0.3) is 0 Å². The van der Waals surface area contributed by atoms with Gasteiger partial charge in [-0.25, -0.2) is 0 Å². The van der Waals surface area contributed by atoms with Crippen LogP contribution in [0.1, 0.15) is 12.0 Å². The number of carbonyl (C=O) groups is 2. The van der Waals surface area contributed by atoms with Crippen molar-refractivity contribution in [2.45, 2.75) is 18.9 Å². The number of aliphatic hydroxyl groups is 1. The number of hydrogen-bond donors (Lipinski definition) is 2. The van der Waals surface area contributed by atoms with E-state index in [1.54, 1.807) is 11.9 Å². The molecule has 0 bridgehead atoms. The molecule has 0 saturated carbocycles. The quantitative estimate of drug-likeness (QED) is 0.795. The summed E-state index contributed by atoms with van der Waals surface area (Å²) in [6.07, 6.45) is -0.144. The maximum absolute atomic E-state index is 11.7. The Morgan fingerprint density at radius 3 is 2.94 bits per heavy atom. The Morgan fingerprint density at radius 2 is 2.33 bits per heavy atom. The molecule has 1 saturated heterocycles. The summed E-state index contributed by atoms with van der Waals surface area (Å²) in [5.74, 6) is -0.153. The van der Waals surface area contributed by atoms with Crippen LogP contribution in [0.5, 0.6) is 0 Å². The molecule has 1 aliphatic rings. The van der Waals surface area contributed by atoms with Crippen molar-refractivity contribution >= 4 is 17.5 Å². The first-order valence-corrected chi connectivity index (χ1v) is 5.88. The molecule has 5 heteroatoms. The highest BCUT2D eigenvalue weighted by molar-refractivity contribution is 5.96. The van der Waals surface area contributed by atoms with Crippen molar-refractivity contribution in [2.75, 3.05) is 18.5 Å². The topological polar surface area (TPSA) is 69.6 Å². The lowest BCUT2D eigenvalue weighted by molar-refractivity contribution is -0.120. The maximum atomic E-state index is 11.7. The highest BCUT2D eigenvalue weighted by atomic mass is 16.3. The summed E-state index contributed by atoms with van der Waals surface area (Å²) < 4.78 is 0. The zero-order chi connectivity index (χ0) is 13.1. The van der Waals surface area contributed by atoms with Crippen molar-refractivity contribution in [3.8, 4) is 0 Å². The largest absolute Gasteiger partial charge is 0.391 e. The number of nitrogens with zero attached hydrogens (tertiary/aromatic N) is 1. The number of aliphatic hydroxyl groups excluding tert-OH is 1. The molecule has 1 aromatic rings. The highest BCUT2D eigenvalue weighted by Crippen LogP contribution is 2.22. The minimum absolute atomic E-state index is 0.0695. The van der Waals surface area contributed by atoms with E-state index in [1.165, 1.54) is 0 Å². The number of nitrogens with one attached hydrogen (secondary N) is 1. The molecule has 96 valence electrons. The van der Waals surface area contributed by atoms with Gasteiger partial charge in [-0.3, -0.25) is 9.59 Å². The highest BCUT2D eigenvalue weighted by Gasteiger charge is 2.29. The lowest BCUT2D eigenvalue weighted by atomic mass is 10.1. The van der Waals surface area contributed by atoms with Gasteiger partial charge in [0.15, 0.2) is 0 Å². The molecular weight excluding hydrogens is 232 g/mol. The van der Waals surface area contributed by atoms with Gasteiger partial charge in [0.1, 0.15) is 0 Å². The average Bonchev–Trinajstić information content (AvgIpc) is 2.68. The first kappa shape index (κ1) is 12.6. The first-order valence-electron chi connectivity index (χ1n) is 5.88. The third-order valence-electron chi connectivity index (χ3n) is 2.97. The van der Waals surface area contributed by atoms with Crippen LogP contribution in [-0.4, -0.2) is 36.6 Å². The van der Waals surface area contributed by atoms with E-state index in [1.807, 2.05) is 24.3 Å². The summed E-state index contributed by atoms with van der Waals surface area (Å²) in [6.45, 7) is 0.322. The molecule has 1 aliphatic heterocycles. The second-order valence-electron chi connectivity index (χ2n) is 4.38. The van der Waals surface area contributed by atoms with Crippen LogP contribution < -0.4 is 10.2 Å². The predicted molar refractivity (Wildman–Crippen MR) is 67.2 cm³/mol. The van der Waals surface area contributed by atoms with E-state index in [4.69, 9.17) is 0 Å². The van der Waals surface area contributed by atoms with Crippen molar-refractivity contribution in [1.29, 1.82) is 0 Å². The molecule has 0 spiro atoms. The van der Waals surface area contributed by atoms with Crippen LogP contribution in [0.4, 0.5) is 5.69 Å². The fourth-order valence-corrected chi connectivity index (χ4v) is 2.05. The monoisotopic (exact) mass is 248 g/mol. The lowest BCUT2D eigenvalue weighted by Gasteiger charge is -2.16. The van der Waals surface area contributed by atoms with Crippen molar-refractivity contribution in [1.82, 2.24) is 5.32 Å². The number of rotatable bonds is 3. The Hall–Kier alpha value is -1.88. The fraction of sp³-hybridized carbons (Fsp3) is 0.385. The minimum atomic E-state index is -0.597. The number of amides is 2. The van der Waals surface area contributed by atoms with E-state index >= 15 is 0 Å². The van der Waals surface area contributed by atoms with Crippen LogP contribution in [0.15, 0.2) is 24.3 Å². The van der Waals surface area contributed by atoms with Gasteiger partial charge in [-0.1, -0.05) is 12.1 Å². The zero-order valence-corrected chi connectivity index (χ0v) is 10.2. The van der Waals surface area contributed by atoms with Gasteiger partial charge in [0.2, 0.25) is 11.8 Å². The number of likely N-dealkylation sites (N-methyl/N-ethyl adjacent to an activating group) is 1. The zero-order valence-electron chi connectivity index (χ0n) is 10.2. The molecule has 0 aliphatic carbocycles. The molecule has 2 amide bonds. The summed E-state index contributed by atoms with van der Waals surface area (Å²) in [5, 5.41) is 12.0. The molecule has 1 aromatic carbocycles. The van der Waals surface area contributed by atoms with Gasteiger partial charge >= 0.3 is 0 Å². The van der Waals surface area contributed by atoms with Crippen LogP contribution in [0.2, 0.25) is 0 Å². The Kier molecular flexibility index (Phi) is 3.62. The normalized spacial score (nSPS) is 19.1. The Labute approximate surface area is 105 Å². The molecule has 1 atom stereocenters. The Morgan fingerprint density at radius 1 is 1.56 bits per heavy atom. The third-order valence-corrected chi connectivity index (χ3v) is 2.97. The van der Waals surface area contributed by atoms with Gasteiger partial charge in [-0.2, -0.15) is 0 Å². The number of hydrogen-bond acceptors (Lipinski definition) is 3. The number of benzene rings is 1. The summed E-state index contributed by atoms with van der Waals surface area (Å²) in [7, 11) is 1.59. The van der Waals surface area contributed by atoms with Gasteiger partial charge < -0.3 is 15.3 Å². The standard InChI is InChI=1S/C13H16N2O3/c1-14-12(17)6-9-3-2-4-10(5-9)15-8-11(16)7-13(15)18/h2-5,11,16H,6-8H2,1H3,(H,14,17). The maximum Gasteiger partial charge on any atom is 0.229 e. The second kappa shape index (κ2) is 5.18. The summed E-state index contributed by atoms with van der Waals surface area (Å²) in [4.78, 5) is 24.5. The third kappa shape index (κ3) is 2.68. The van der Waals surface area contributed by atoms with Crippen LogP contribution in [0, 0.1) is 0 Å². The van der Waals surface area contributed by atoms with E-state index < -0.39 is 6.10 Å². The average molecular weight is 248 g/mol. The van der Waals surface area contributed by atoms with E-state index in [0.29, 0.717) is 6.54 Å². The molecule has 2 rings (SSSR count). The number of β-amino-alcohol motifs (C(OH)–C–C–N with tert-alkyl or cyclic N) is 1. The molecular formula is C13H16N2O3. The lowest BCUT2D eigenvalue weighted by Crippen LogP contribution is -2.25. The molecule has 2 N–H and O–H groups in total. The first-order chi connectivity index (χ1) is 8.60. The molecule has 1 fully saturated rings. The molecule has 1 heterocycles. The second-order valence-corrected chi connectivity index (χ2v) is 4.38. The summed E-state index contributed by atoms with van der Waals surface area (Å²) >= 11 is 0. The smallest absolute Gasteiger partial charge is 0.229 e. The van der Waals surface area contributed by atoms with Crippen LogP contribution >= 0.6 is 0 Å². The van der Waals surface area contributed by atoms with Gasteiger partial charge in [-0.15, -0.1) is 0 Å².